The number of carbonyl (C=O) groups excluding carboxylic acids is 1. The second-order valence-electron chi connectivity index (χ2n) is 6.09. The quantitative estimate of drug-likeness (QED) is 0.580. The first-order chi connectivity index (χ1) is 12.7. The summed E-state index contributed by atoms with van der Waals surface area (Å²) in [5, 5.41) is 4.32. The van der Waals surface area contributed by atoms with E-state index in [1.807, 2.05) is 42.5 Å². The predicted octanol–water partition coefficient (Wildman–Crippen LogP) is 5.19. The largest absolute Gasteiger partial charge is 0.351 e. The second-order valence-corrected chi connectivity index (χ2v) is 7.44. The number of rotatable bonds is 4. The zero-order valence-electron chi connectivity index (χ0n) is 14.5. The van der Waals surface area contributed by atoms with E-state index < -0.39 is 0 Å². The lowest BCUT2D eigenvalue weighted by Gasteiger charge is -2.29. The Hall–Kier alpha value is -1.98. The number of likely N-dealkylation sites (tertiary alicyclic amines) is 1. The van der Waals surface area contributed by atoms with Gasteiger partial charge in [0.2, 0.25) is 5.91 Å². The number of nitrogens with one attached hydrogen (secondary N) is 1. The van der Waals surface area contributed by atoms with E-state index in [0.29, 0.717) is 16.5 Å². The number of halogens is 1. The molecular formula is C20H22ClN3OS. The summed E-state index contributed by atoms with van der Waals surface area (Å²) in [6.07, 6.45) is 3.59. The topological polar surface area (TPSA) is 44.7 Å². The van der Waals surface area contributed by atoms with Crippen LogP contribution in [-0.4, -0.2) is 34.8 Å². The normalized spacial score (nSPS) is 15.0. The summed E-state index contributed by atoms with van der Waals surface area (Å²) >= 11 is 7.58. The molecule has 1 N–H and O–H groups in total. The monoisotopic (exact) mass is 387 g/mol. The van der Waals surface area contributed by atoms with Gasteiger partial charge >= 0.3 is 0 Å². The Kier molecular flexibility index (Phi) is 6.97. The fourth-order valence-electron chi connectivity index (χ4n) is 2.77. The standard InChI is InChI=1S/C20H22ClN3OS/c21-17-11-5-6-12-18(17)23-19(25)15-26-20(24-13-7-2-8-14-24)22-16-9-3-1-4-10-16/h1,3-6,9-12H,2,7-8,13-15H2,(H,23,25). The van der Waals surface area contributed by atoms with Crippen LogP contribution in [0.4, 0.5) is 11.4 Å². The van der Waals surface area contributed by atoms with Crippen LogP contribution in [0.25, 0.3) is 0 Å². The van der Waals surface area contributed by atoms with Gasteiger partial charge in [-0.25, -0.2) is 4.99 Å². The van der Waals surface area contributed by atoms with Crippen molar-refractivity contribution in [2.45, 2.75) is 19.3 Å². The Morgan fingerprint density at radius 3 is 2.46 bits per heavy atom. The third kappa shape index (κ3) is 5.51. The predicted molar refractivity (Wildman–Crippen MR) is 112 cm³/mol. The summed E-state index contributed by atoms with van der Waals surface area (Å²) in [7, 11) is 0. The Morgan fingerprint density at radius 2 is 1.73 bits per heavy atom. The molecule has 0 atom stereocenters. The van der Waals surface area contributed by atoms with E-state index in [2.05, 4.69) is 10.2 Å². The molecule has 0 spiro atoms. The molecule has 0 unspecified atom stereocenters. The van der Waals surface area contributed by atoms with Gasteiger partial charge in [0.1, 0.15) is 0 Å². The van der Waals surface area contributed by atoms with Crippen LogP contribution in [0, 0.1) is 0 Å². The zero-order valence-corrected chi connectivity index (χ0v) is 16.1. The lowest BCUT2D eigenvalue weighted by atomic mass is 10.1. The summed E-state index contributed by atoms with van der Waals surface area (Å²) in [6.45, 7) is 1.98. The van der Waals surface area contributed by atoms with Gasteiger partial charge in [-0.2, -0.15) is 0 Å². The molecular weight excluding hydrogens is 366 g/mol. The van der Waals surface area contributed by atoms with Gasteiger partial charge in [-0.1, -0.05) is 53.7 Å². The van der Waals surface area contributed by atoms with Crippen LogP contribution in [0.1, 0.15) is 19.3 Å². The summed E-state index contributed by atoms with van der Waals surface area (Å²) in [5.74, 6) is 0.216. The van der Waals surface area contributed by atoms with Gasteiger partial charge in [0.05, 0.1) is 22.2 Å². The van der Waals surface area contributed by atoms with E-state index in [-0.39, 0.29) is 5.91 Å². The van der Waals surface area contributed by atoms with Crippen LogP contribution in [0.2, 0.25) is 5.02 Å². The van der Waals surface area contributed by atoms with Crippen LogP contribution in [0.5, 0.6) is 0 Å². The Bertz CT molecular complexity index is 761. The summed E-state index contributed by atoms with van der Waals surface area (Å²) in [6, 6.07) is 17.1. The summed E-state index contributed by atoms with van der Waals surface area (Å²) < 4.78 is 0. The van der Waals surface area contributed by atoms with Crippen LogP contribution >= 0.6 is 23.4 Å². The molecule has 0 radical (unpaired) electrons. The van der Waals surface area contributed by atoms with E-state index >= 15 is 0 Å². The molecule has 136 valence electrons. The van der Waals surface area contributed by atoms with Crippen molar-refractivity contribution in [2.75, 3.05) is 24.2 Å². The number of amidine groups is 1. The molecule has 1 aliphatic rings. The number of para-hydroxylation sites is 2. The highest BCUT2D eigenvalue weighted by molar-refractivity contribution is 8.14. The van der Waals surface area contributed by atoms with Crippen molar-refractivity contribution in [3.8, 4) is 0 Å². The molecule has 1 fully saturated rings. The summed E-state index contributed by atoms with van der Waals surface area (Å²) in [4.78, 5) is 19.4. The van der Waals surface area contributed by atoms with Crippen molar-refractivity contribution in [1.82, 2.24) is 4.90 Å². The van der Waals surface area contributed by atoms with E-state index in [1.54, 1.807) is 12.1 Å². The van der Waals surface area contributed by atoms with Gasteiger partial charge in [0, 0.05) is 13.1 Å². The van der Waals surface area contributed by atoms with Gasteiger partial charge < -0.3 is 10.2 Å². The SMILES string of the molecule is O=C(CSC(=Nc1ccccc1)N1CCCCC1)Nc1ccccc1Cl. The number of thioether (sulfide) groups is 1. The van der Waals surface area contributed by atoms with Crippen molar-refractivity contribution in [3.05, 3.63) is 59.6 Å². The number of anilines is 1. The molecule has 6 heteroatoms. The highest BCUT2D eigenvalue weighted by Gasteiger charge is 2.17. The fourth-order valence-corrected chi connectivity index (χ4v) is 3.82. The number of carbonyl (C=O) groups is 1. The molecule has 0 saturated carbocycles. The molecule has 1 saturated heterocycles. The van der Waals surface area contributed by atoms with E-state index in [1.165, 1.54) is 31.0 Å². The molecule has 0 aromatic heterocycles. The van der Waals surface area contributed by atoms with Crippen molar-refractivity contribution < 1.29 is 4.79 Å². The number of hydrogen-bond acceptors (Lipinski definition) is 3. The molecule has 2 aromatic carbocycles. The highest BCUT2D eigenvalue weighted by atomic mass is 35.5. The molecule has 3 rings (SSSR count). The minimum atomic E-state index is -0.0825. The van der Waals surface area contributed by atoms with Crippen molar-refractivity contribution in [1.29, 1.82) is 0 Å². The van der Waals surface area contributed by atoms with Crippen molar-refractivity contribution >= 4 is 45.8 Å². The molecule has 2 aromatic rings. The maximum atomic E-state index is 12.3. The van der Waals surface area contributed by atoms with E-state index in [4.69, 9.17) is 16.6 Å². The second kappa shape index (κ2) is 9.64. The smallest absolute Gasteiger partial charge is 0.234 e. The van der Waals surface area contributed by atoms with Gasteiger partial charge in [-0.3, -0.25) is 4.79 Å². The number of benzene rings is 2. The maximum absolute atomic E-state index is 12.3. The number of hydrogen-bond donors (Lipinski definition) is 1. The van der Waals surface area contributed by atoms with Crippen LogP contribution in [0.15, 0.2) is 59.6 Å². The summed E-state index contributed by atoms with van der Waals surface area (Å²) in [5.41, 5.74) is 1.55. The van der Waals surface area contributed by atoms with E-state index in [9.17, 15) is 4.79 Å². The van der Waals surface area contributed by atoms with Gasteiger partial charge in [0.15, 0.2) is 5.17 Å². The Labute approximate surface area is 163 Å². The lowest BCUT2D eigenvalue weighted by Crippen LogP contribution is -2.34. The average molecular weight is 388 g/mol. The maximum Gasteiger partial charge on any atom is 0.234 e. The molecule has 1 aliphatic heterocycles. The first kappa shape index (κ1) is 18.8. The third-order valence-corrected chi connectivity index (χ3v) is 5.43. The van der Waals surface area contributed by atoms with Gasteiger partial charge in [-0.05, 0) is 43.5 Å². The first-order valence-corrected chi connectivity index (χ1v) is 10.1. The zero-order chi connectivity index (χ0) is 18.2. The average Bonchev–Trinajstić information content (AvgIpc) is 2.68. The van der Waals surface area contributed by atoms with Crippen molar-refractivity contribution in [2.24, 2.45) is 4.99 Å². The van der Waals surface area contributed by atoms with Crippen LogP contribution in [0.3, 0.4) is 0 Å². The number of piperidine rings is 1. The molecule has 0 bridgehead atoms. The van der Waals surface area contributed by atoms with Gasteiger partial charge in [0.25, 0.3) is 0 Å². The van der Waals surface area contributed by atoms with Gasteiger partial charge in [-0.15, -0.1) is 0 Å². The Balaban J connectivity index is 1.66. The molecule has 0 aliphatic carbocycles. The lowest BCUT2D eigenvalue weighted by molar-refractivity contribution is -0.113. The van der Waals surface area contributed by atoms with E-state index in [0.717, 1.165) is 23.9 Å². The number of aliphatic imine (C=N–C) groups is 1. The molecule has 26 heavy (non-hydrogen) atoms. The fraction of sp³-hybridized carbons (Fsp3) is 0.300. The molecule has 4 nitrogen and oxygen atoms in total. The van der Waals surface area contributed by atoms with Crippen LogP contribution < -0.4 is 5.32 Å². The first-order valence-electron chi connectivity index (χ1n) is 8.78. The molecule has 1 heterocycles. The Morgan fingerprint density at radius 1 is 1.04 bits per heavy atom. The van der Waals surface area contributed by atoms with Crippen LogP contribution in [-0.2, 0) is 4.79 Å². The number of amides is 1. The molecule has 1 amide bonds. The third-order valence-electron chi connectivity index (χ3n) is 4.09. The van der Waals surface area contributed by atoms with Crippen molar-refractivity contribution in [3.63, 3.8) is 0 Å². The number of nitrogens with zero attached hydrogens (tertiary/aromatic N) is 2. The minimum absolute atomic E-state index is 0.0825. The minimum Gasteiger partial charge on any atom is -0.351 e. The highest BCUT2D eigenvalue weighted by Crippen LogP contribution is 2.23.